The predicted molar refractivity (Wildman–Crippen MR) is 112 cm³/mol. The Bertz CT molecular complexity index is 1140. The van der Waals surface area contributed by atoms with Crippen molar-refractivity contribution in [3.63, 3.8) is 0 Å². The first-order valence-corrected chi connectivity index (χ1v) is 9.83. The summed E-state index contributed by atoms with van der Waals surface area (Å²) in [6.07, 6.45) is 3.69. The molecule has 2 aromatic carbocycles. The van der Waals surface area contributed by atoms with Crippen LogP contribution in [0.2, 0.25) is 0 Å². The zero-order chi connectivity index (χ0) is 20.5. The van der Waals surface area contributed by atoms with Crippen molar-refractivity contribution in [2.24, 2.45) is 0 Å². The minimum absolute atomic E-state index is 0.105. The minimum Gasteiger partial charge on any atom is -0.454 e. The summed E-state index contributed by atoms with van der Waals surface area (Å²) in [5, 5.41) is 8.99. The second-order valence-corrected chi connectivity index (χ2v) is 7.37. The molecule has 1 unspecified atom stereocenters. The Labute approximate surface area is 174 Å². The molecule has 0 amide bonds. The molecule has 3 heterocycles. The summed E-state index contributed by atoms with van der Waals surface area (Å²) in [6, 6.07) is 18.1. The van der Waals surface area contributed by atoms with Gasteiger partial charge in [-0.1, -0.05) is 23.4 Å². The first-order chi connectivity index (χ1) is 14.7. The Morgan fingerprint density at radius 1 is 1.07 bits per heavy atom. The van der Waals surface area contributed by atoms with Gasteiger partial charge in [-0.05, 0) is 44.3 Å². The van der Waals surface area contributed by atoms with E-state index in [-0.39, 0.29) is 12.8 Å². The summed E-state index contributed by atoms with van der Waals surface area (Å²) in [5.74, 6) is 1.51. The van der Waals surface area contributed by atoms with E-state index in [0.29, 0.717) is 6.54 Å². The highest BCUT2D eigenvalue weighted by Gasteiger charge is 2.21. The van der Waals surface area contributed by atoms with Crippen LogP contribution in [0.5, 0.6) is 11.5 Å². The maximum atomic E-state index is 5.57. The number of hydrogen-bond donors (Lipinski definition) is 0. The number of fused-ring (bicyclic) bond motifs is 1. The molecule has 0 spiro atoms. The van der Waals surface area contributed by atoms with Crippen LogP contribution in [0.3, 0.4) is 0 Å². The lowest BCUT2D eigenvalue weighted by Gasteiger charge is -2.22. The smallest absolute Gasteiger partial charge is 0.231 e. The van der Waals surface area contributed by atoms with E-state index in [1.165, 1.54) is 0 Å². The van der Waals surface area contributed by atoms with Gasteiger partial charge in [0.15, 0.2) is 11.5 Å². The highest BCUT2D eigenvalue weighted by Crippen LogP contribution is 2.37. The molecule has 0 bridgehead atoms. The molecule has 152 valence electrons. The zero-order valence-corrected chi connectivity index (χ0v) is 16.9. The van der Waals surface area contributed by atoms with E-state index in [1.807, 2.05) is 59.3 Å². The molecule has 2 aromatic heterocycles. The van der Waals surface area contributed by atoms with Crippen LogP contribution >= 0.6 is 0 Å². The van der Waals surface area contributed by atoms with E-state index < -0.39 is 0 Å². The Balaban J connectivity index is 1.52. The molecule has 30 heavy (non-hydrogen) atoms. The Kier molecular flexibility index (Phi) is 4.72. The molecule has 5 rings (SSSR count). The van der Waals surface area contributed by atoms with Gasteiger partial charge in [0.05, 0.1) is 17.4 Å². The normalized spacial score (nSPS) is 13.7. The standard InChI is InChI=1S/C23H22N4O3/c1-16(20-10-11-30-25-20)26(2)13-18-14-27(19-6-4-3-5-7-19)24-23(18)17-8-9-21-22(12-17)29-15-28-21/h3-12,14,16H,13,15H2,1-2H3. The van der Waals surface area contributed by atoms with Crippen molar-refractivity contribution in [1.29, 1.82) is 0 Å². The number of hydrogen-bond acceptors (Lipinski definition) is 6. The molecule has 1 aliphatic heterocycles. The lowest BCUT2D eigenvalue weighted by molar-refractivity contribution is 0.174. The number of ether oxygens (including phenoxy) is 2. The summed E-state index contributed by atoms with van der Waals surface area (Å²) in [4.78, 5) is 2.22. The average molecular weight is 402 g/mol. The number of rotatable bonds is 6. The molecule has 1 atom stereocenters. The lowest BCUT2D eigenvalue weighted by Crippen LogP contribution is -2.22. The van der Waals surface area contributed by atoms with Crippen molar-refractivity contribution in [2.45, 2.75) is 19.5 Å². The van der Waals surface area contributed by atoms with Gasteiger partial charge in [-0.25, -0.2) is 4.68 Å². The first-order valence-electron chi connectivity index (χ1n) is 9.83. The molecule has 0 aliphatic carbocycles. The first kappa shape index (κ1) is 18.4. The van der Waals surface area contributed by atoms with Crippen molar-refractivity contribution >= 4 is 0 Å². The Morgan fingerprint density at radius 2 is 1.90 bits per heavy atom. The molecule has 4 aromatic rings. The third-order valence-electron chi connectivity index (χ3n) is 5.42. The topological polar surface area (TPSA) is 65.6 Å². The monoisotopic (exact) mass is 402 g/mol. The largest absolute Gasteiger partial charge is 0.454 e. The fourth-order valence-corrected chi connectivity index (χ4v) is 3.59. The zero-order valence-electron chi connectivity index (χ0n) is 16.9. The summed E-state index contributed by atoms with van der Waals surface area (Å²) in [7, 11) is 2.07. The van der Waals surface area contributed by atoms with E-state index in [4.69, 9.17) is 19.1 Å². The van der Waals surface area contributed by atoms with Gasteiger partial charge in [0.2, 0.25) is 6.79 Å². The fourth-order valence-electron chi connectivity index (χ4n) is 3.59. The number of aromatic nitrogens is 3. The molecule has 1 aliphatic rings. The van der Waals surface area contributed by atoms with Crippen LogP contribution in [0.25, 0.3) is 16.9 Å². The highest BCUT2D eigenvalue weighted by atomic mass is 16.7. The quantitative estimate of drug-likeness (QED) is 0.475. The minimum atomic E-state index is 0.105. The predicted octanol–water partition coefficient (Wildman–Crippen LogP) is 4.45. The Morgan fingerprint density at radius 3 is 2.70 bits per heavy atom. The second kappa shape index (κ2) is 7.68. The van der Waals surface area contributed by atoms with Gasteiger partial charge in [-0.3, -0.25) is 4.90 Å². The van der Waals surface area contributed by atoms with Crippen LogP contribution in [0, 0.1) is 0 Å². The third-order valence-corrected chi connectivity index (χ3v) is 5.42. The number of para-hydroxylation sites is 1. The van der Waals surface area contributed by atoms with Crippen LogP contribution in [0.4, 0.5) is 0 Å². The maximum Gasteiger partial charge on any atom is 0.231 e. The van der Waals surface area contributed by atoms with Gasteiger partial charge < -0.3 is 14.0 Å². The Hall–Kier alpha value is -3.58. The van der Waals surface area contributed by atoms with Crippen molar-refractivity contribution in [3.8, 4) is 28.4 Å². The summed E-state index contributed by atoms with van der Waals surface area (Å²) in [5.41, 5.74) is 4.92. The lowest BCUT2D eigenvalue weighted by atomic mass is 10.1. The van der Waals surface area contributed by atoms with E-state index in [2.05, 4.69) is 30.2 Å². The summed E-state index contributed by atoms with van der Waals surface area (Å²) >= 11 is 0. The molecule has 0 saturated heterocycles. The van der Waals surface area contributed by atoms with Crippen molar-refractivity contribution < 1.29 is 14.0 Å². The molecule has 0 fully saturated rings. The molecule has 0 saturated carbocycles. The van der Waals surface area contributed by atoms with Crippen molar-refractivity contribution in [2.75, 3.05) is 13.8 Å². The summed E-state index contributed by atoms with van der Waals surface area (Å²) in [6.45, 7) is 3.06. The molecule has 7 heteroatoms. The van der Waals surface area contributed by atoms with Crippen molar-refractivity contribution in [1.82, 2.24) is 19.8 Å². The summed E-state index contributed by atoms with van der Waals surface area (Å²) < 4.78 is 18.0. The van der Waals surface area contributed by atoms with E-state index in [1.54, 1.807) is 6.26 Å². The van der Waals surface area contributed by atoms with E-state index in [9.17, 15) is 0 Å². The number of nitrogens with zero attached hydrogens (tertiary/aromatic N) is 4. The molecule has 0 N–H and O–H groups in total. The molecular weight excluding hydrogens is 380 g/mol. The number of benzene rings is 2. The highest BCUT2D eigenvalue weighted by molar-refractivity contribution is 5.67. The van der Waals surface area contributed by atoms with Gasteiger partial charge in [-0.15, -0.1) is 0 Å². The van der Waals surface area contributed by atoms with Crippen LogP contribution in [0.15, 0.2) is 71.6 Å². The average Bonchev–Trinajstić information content (AvgIpc) is 3.53. The molecule has 0 radical (unpaired) electrons. The maximum absolute atomic E-state index is 5.57. The molecular formula is C23H22N4O3. The molecule has 7 nitrogen and oxygen atoms in total. The van der Waals surface area contributed by atoms with Gasteiger partial charge in [-0.2, -0.15) is 5.10 Å². The van der Waals surface area contributed by atoms with Crippen LogP contribution in [-0.2, 0) is 6.54 Å². The van der Waals surface area contributed by atoms with E-state index >= 15 is 0 Å². The van der Waals surface area contributed by atoms with Crippen molar-refractivity contribution in [3.05, 3.63) is 78.3 Å². The van der Waals surface area contributed by atoms with Gasteiger partial charge in [0.1, 0.15) is 12.0 Å². The SMILES string of the molecule is CC(c1ccon1)N(C)Cc1cn(-c2ccccc2)nc1-c1ccc2c(c1)OCO2. The second-order valence-electron chi connectivity index (χ2n) is 7.37. The third kappa shape index (κ3) is 3.44. The van der Waals surface area contributed by atoms with E-state index in [0.717, 1.165) is 39.7 Å². The van der Waals surface area contributed by atoms with Gasteiger partial charge in [0.25, 0.3) is 0 Å². The van der Waals surface area contributed by atoms with Gasteiger partial charge >= 0.3 is 0 Å². The fraction of sp³-hybridized carbons (Fsp3) is 0.217. The van der Waals surface area contributed by atoms with Crippen LogP contribution in [0.1, 0.15) is 24.2 Å². The van der Waals surface area contributed by atoms with Gasteiger partial charge in [0, 0.05) is 29.9 Å². The van der Waals surface area contributed by atoms with Crippen LogP contribution in [-0.4, -0.2) is 33.7 Å². The van der Waals surface area contributed by atoms with Crippen LogP contribution < -0.4 is 9.47 Å².